The second-order valence-corrected chi connectivity index (χ2v) is 3.75. The monoisotopic (exact) mass is 241 g/mol. The maximum atomic E-state index is 5.35. The molecule has 2 aromatic rings. The molecule has 2 rings (SSSR count). The van der Waals surface area contributed by atoms with Gasteiger partial charge >= 0.3 is 0 Å². The molecule has 0 bridgehead atoms. The number of ether oxygens (including phenoxy) is 2. The SMILES string of the molecule is C=Cc1ccc(OC)c(-c2ccc(OC)cn2)c1. The van der Waals surface area contributed by atoms with E-state index in [0.29, 0.717) is 0 Å². The van der Waals surface area contributed by atoms with Crippen molar-refractivity contribution < 1.29 is 9.47 Å². The summed E-state index contributed by atoms with van der Waals surface area (Å²) in [6.07, 6.45) is 3.49. The van der Waals surface area contributed by atoms with Gasteiger partial charge in [-0.15, -0.1) is 0 Å². The van der Waals surface area contributed by atoms with Crippen LogP contribution in [-0.4, -0.2) is 19.2 Å². The van der Waals surface area contributed by atoms with Gasteiger partial charge in [-0.05, 0) is 29.8 Å². The maximum Gasteiger partial charge on any atom is 0.137 e. The van der Waals surface area contributed by atoms with E-state index in [9.17, 15) is 0 Å². The summed E-state index contributed by atoms with van der Waals surface area (Å²) in [6, 6.07) is 9.66. The molecule has 0 atom stereocenters. The molecule has 0 aliphatic carbocycles. The molecular weight excluding hydrogens is 226 g/mol. The maximum absolute atomic E-state index is 5.35. The zero-order valence-electron chi connectivity index (χ0n) is 10.5. The number of rotatable bonds is 4. The third-order valence-electron chi connectivity index (χ3n) is 2.71. The van der Waals surface area contributed by atoms with Crippen molar-refractivity contribution in [2.45, 2.75) is 0 Å². The standard InChI is InChI=1S/C15H15NO2/c1-4-11-5-8-15(18-3)13(9-11)14-7-6-12(17-2)10-16-14/h4-10H,1H2,2-3H3. The second kappa shape index (κ2) is 5.36. The van der Waals surface area contributed by atoms with Gasteiger partial charge in [-0.2, -0.15) is 0 Å². The van der Waals surface area contributed by atoms with E-state index in [0.717, 1.165) is 28.3 Å². The lowest BCUT2D eigenvalue weighted by molar-refractivity contribution is 0.412. The van der Waals surface area contributed by atoms with Crippen LogP contribution in [0.4, 0.5) is 0 Å². The van der Waals surface area contributed by atoms with E-state index >= 15 is 0 Å². The first kappa shape index (κ1) is 12.2. The normalized spacial score (nSPS) is 9.89. The van der Waals surface area contributed by atoms with Crippen LogP contribution >= 0.6 is 0 Å². The molecule has 1 aromatic carbocycles. The molecule has 0 radical (unpaired) electrons. The van der Waals surface area contributed by atoms with Crippen LogP contribution in [0.2, 0.25) is 0 Å². The molecule has 3 nitrogen and oxygen atoms in total. The molecule has 1 aromatic heterocycles. The van der Waals surface area contributed by atoms with E-state index in [4.69, 9.17) is 9.47 Å². The lowest BCUT2D eigenvalue weighted by atomic mass is 10.1. The van der Waals surface area contributed by atoms with Gasteiger partial charge in [0.25, 0.3) is 0 Å². The Hall–Kier alpha value is -2.29. The van der Waals surface area contributed by atoms with E-state index in [1.54, 1.807) is 26.5 Å². The van der Waals surface area contributed by atoms with Gasteiger partial charge in [0, 0.05) is 5.56 Å². The molecule has 0 saturated carbocycles. The minimum Gasteiger partial charge on any atom is -0.496 e. The number of pyridine rings is 1. The van der Waals surface area contributed by atoms with Crippen LogP contribution < -0.4 is 9.47 Å². The summed E-state index contributed by atoms with van der Waals surface area (Å²) in [5, 5.41) is 0. The predicted octanol–water partition coefficient (Wildman–Crippen LogP) is 3.41. The molecule has 0 aliphatic rings. The molecule has 3 heteroatoms. The Bertz CT molecular complexity index is 547. The summed E-state index contributed by atoms with van der Waals surface area (Å²) in [5.41, 5.74) is 2.82. The lowest BCUT2D eigenvalue weighted by Gasteiger charge is -2.09. The van der Waals surface area contributed by atoms with Gasteiger partial charge in [-0.1, -0.05) is 18.7 Å². The van der Waals surface area contributed by atoms with Crippen LogP contribution in [-0.2, 0) is 0 Å². The number of nitrogens with zero attached hydrogens (tertiary/aromatic N) is 1. The topological polar surface area (TPSA) is 31.4 Å². The lowest BCUT2D eigenvalue weighted by Crippen LogP contribution is -1.91. The van der Waals surface area contributed by atoms with Crippen molar-refractivity contribution in [2.24, 2.45) is 0 Å². The first-order valence-corrected chi connectivity index (χ1v) is 5.59. The van der Waals surface area contributed by atoms with Crippen molar-refractivity contribution in [1.82, 2.24) is 4.98 Å². The van der Waals surface area contributed by atoms with E-state index in [-0.39, 0.29) is 0 Å². The first-order valence-electron chi connectivity index (χ1n) is 5.59. The predicted molar refractivity (Wildman–Crippen MR) is 72.9 cm³/mol. The summed E-state index contributed by atoms with van der Waals surface area (Å²) >= 11 is 0. The Balaban J connectivity index is 2.49. The number of aromatic nitrogens is 1. The van der Waals surface area contributed by atoms with Crippen molar-refractivity contribution in [3.8, 4) is 22.8 Å². The van der Waals surface area contributed by atoms with Gasteiger partial charge < -0.3 is 9.47 Å². The first-order chi connectivity index (χ1) is 8.78. The van der Waals surface area contributed by atoms with Crippen LogP contribution in [0.25, 0.3) is 17.3 Å². The van der Waals surface area contributed by atoms with Crippen molar-refractivity contribution in [3.63, 3.8) is 0 Å². The molecule has 0 fully saturated rings. The van der Waals surface area contributed by atoms with E-state index < -0.39 is 0 Å². The molecule has 18 heavy (non-hydrogen) atoms. The highest BCUT2D eigenvalue weighted by Crippen LogP contribution is 2.30. The minimum absolute atomic E-state index is 0.734. The Labute approximate surface area is 107 Å². The molecule has 0 amide bonds. The van der Waals surface area contributed by atoms with Gasteiger partial charge in [0.05, 0.1) is 26.1 Å². The van der Waals surface area contributed by atoms with E-state index in [1.807, 2.05) is 30.3 Å². The highest BCUT2D eigenvalue weighted by Gasteiger charge is 2.07. The molecule has 0 saturated heterocycles. The second-order valence-electron chi connectivity index (χ2n) is 3.75. The fourth-order valence-electron chi connectivity index (χ4n) is 1.71. The van der Waals surface area contributed by atoms with Crippen LogP contribution in [0, 0.1) is 0 Å². The smallest absolute Gasteiger partial charge is 0.137 e. The van der Waals surface area contributed by atoms with Gasteiger partial charge in [0.15, 0.2) is 0 Å². The Morgan fingerprint density at radius 1 is 1.11 bits per heavy atom. The quantitative estimate of drug-likeness (QED) is 0.822. The van der Waals surface area contributed by atoms with Crippen LogP contribution in [0.5, 0.6) is 11.5 Å². The third-order valence-corrected chi connectivity index (χ3v) is 2.71. The number of hydrogen-bond acceptors (Lipinski definition) is 3. The minimum atomic E-state index is 0.734. The highest BCUT2D eigenvalue weighted by molar-refractivity contribution is 5.71. The van der Waals surface area contributed by atoms with Crippen molar-refractivity contribution in [3.05, 3.63) is 48.7 Å². The van der Waals surface area contributed by atoms with Gasteiger partial charge in [0.2, 0.25) is 0 Å². The largest absolute Gasteiger partial charge is 0.496 e. The van der Waals surface area contributed by atoms with E-state index in [2.05, 4.69) is 11.6 Å². The molecule has 92 valence electrons. The molecular formula is C15H15NO2. The molecule has 0 N–H and O–H groups in total. The van der Waals surface area contributed by atoms with Crippen molar-refractivity contribution >= 4 is 6.08 Å². The summed E-state index contributed by atoms with van der Waals surface area (Å²) < 4.78 is 10.4. The summed E-state index contributed by atoms with van der Waals surface area (Å²) in [5.74, 6) is 1.52. The highest BCUT2D eigenvalue weighted by atomic mass is 16.5. The third kappa shape index (κ3) is 2.35. The van der Waals surface area contributed by atoms with Crippen LogP contribution in [0.1, 0.15) is 5.56 Å². The number of hydrogen-bond donors (Lipinski definition) is 0. The summed E-state index contributed by atoms with van der Waals surface area (Å²) in [4.78, 5) is 4.36. The van der Waals surface area contributed by atoms with Gasteiger partial charge in [0.1, 0.15) is 11.5 Å². The summed E-state index contributed by atoms with van der Waals surface area (Å²) in [6.45, 7) is 3.77. The zero-order chi connectivity index (χ0) is 13.0. The fraction of sp³-hybridized carbons (Fsp3) is 0.133. The Morgan fingerprint density at radius 3 is 2.50 bits per heavy atom. The molecule has 0 spiro atoms. The van der Waals surface area contributed by atoms with E-state index in [1.165, 1.54) is 0 Å². The van der Waals surface area contributed by atoms with Crippen LogP contribution in [0.3, 0.4) is 0 Å². The average Bonchev–Trinajstić information content (AvgIpc) is 2.46. The van der Waals surface area contributed by atoms with Crippen LogP contribution in [0.15, 0.2) is 43.1 Å². The van der Waals surface area contributed by atoms with Gasteiger partial charge in [-0.25, -0.2) is 0 Å². The molecule has 0 aliphatic heterocycles. The molecule has 0 unspecified atom stereocenters. The molecule has 1 heterocycles. The average molecular weight is 241 g/mol. The van der Waals surface area contributed by atoms with Crippen molar-refractivity contribution in [2.75, 3.05) is 14.2 Å². The Morgan fingerprint density at radius 2 is 1.94 bits per heavy atom. The fourth-order valence-corrected chi connectivity index (χ4v) is 1.71. The number of methoxy groups -OCH3 is 2. The van der Waals surface area contributed by atoms with Gasteiger partial charge in [-0.3, -0.25) is 4.98 Å². The Kier molecular flexibility index (Phi) is 3.63. The number of benzene rings is 1. The summed E-state index contributed by atoms with van der Waals surface area (Å²) in [7, 11) is 3.27. The zero-order valence-corrected chi connectivity index (χ0v) is 10.5. The van der Waals surface area contributed by atoms with Crippen molar-refractivity contribution in [1.29, 1.82) is 0 Å².